The Kier molecular flexibility index (Phi) is 5.59. The molecule has 2 saturated heterocycles. The number of carbonyl (C=O) groups is 2. The van der Waals surface area contributed by atoms with Gasteiger partial charge in [-0.15, -0.1) is 0 Å². The number of rotatable bonds is 3. The molecule has 2 amide bonds. The van der Waals surface area contributed by atoms with E-state index in [4.69, 9.17) is 9.72 Å². The molecule has 4 rings (SSSR count). The van der Waals surface area contributed by atoms with Crippen LogP contribution in [0.4, 0.5) is 10.6 Å². The summed E-state index contributed by atoms with van der Waals surface area (Å²) in [5.41, 5.74) is 0.979. The molecule has 8 heteroatoms. The van der Waals surface area contributed by atoms with Gasteiger partial charge in [0.1, 0.15) is 11.9 Å². The van der Waals surface area contributed by atoms with Crippen molar-refractivity contribution in [1.82, 2.24) is 19.8 Å². The fraction of sp³-hybridized carbons (Fsp3) is 0.429. The summed E-state index contributed by atoms with van der Waals surface area (Å²) in [4.78, 5) is 39.5. The van der Waals surface area contributed by atoms with Crippen LogP contribution in [0.1, 0.15) is 12.8 Å². The Hall–Kier alpha value is -3.16. The van der Waals surface area contributed by atoms with Crippen LogP contribution in [0.2, 0.25) is 0 Å². The molecule has 152 valence electrons. The quantitative estimate of drug-likeness (QED) is 0.791. The van der Waals surface area contributed by atoms with Crippen molar-refractivity contribution < 1.29 is 14.3 Å². The molecule has 2 aromatic rings. The van der Waals surface area contributed by atoms with E-state index in [0.29, 0.717) is 45.0 Å². The second kappa shape index (κ2) is 8.46. The van der Waals surface area contributed by atoms with Crippen molar-refractivity contribution in [3.63, 3.8) is 0 Å². The number of ether oxygens (including phenoxy) is 1. The average Bonchev–Trinajstić information content (AvgIpc) is 3.29. The fourth-order valence-corrected chi connectivity index (χ4v) is 3.98. The number of piperazine rings is 1. The van der Waals surface area contributed by atoms with Crippen molar-refractivity contribution in [1.29, 1.82) is 0 Å². The topological polar surface area (TPSA) is 78.9 Å². The number of methoxy groups -OCH3 is 1. The van der Waals surface area contributed by atoms with Gasteiger partial charge in [0.05, 0.1) is 7.11 Å². The van der Waals surface area contributed by atoms with Crippen molar-refractivity contribution in [2.75, 3.05) is 44.7 Å². The Morgan fingerprint density at radius 3 is 2.52 bits per heavy atom. The van der Waals surface area contributed by atoms with Gasteiger partial charge >= 0.3 is 6.09 Å². The monoisotopic (exact) mass is 395 g/mol. The largest absolute Gasteiger partial charge is 0.453 e. The number of likely N-dealkylation sites (tertiary alicyclic amines) is 1. The molecule has 0 spiro atoms. The highest BCUT2D eigenvalue weighted by Crippen LogP contribution is 2.23. The summed E-state index contributed by atoms with van der Waals surface area (Å²) in [5.74, 6) is 1.57. The van der Waals surface area contributed by atoms with Gasteiger partial charge in [-0.05, 0) is 18.9 Å². The van der Waals surface area contributed by atoms with E-state index in [1.54, 1.807) is 11.1 Å². The number of benzene rings is 1. The SMILES string of the molecule is COC(=O)N1CCC[C@H]1C(=O)N1CCN(c2ccnc(-c3ccccc3)n2)CC1. The second-order valence-corrected chi connectivity index (χ2v) is 7.24. The lowest BCUT2D eigenvalue weighted by molar-refractivity contribution is -0.135. The third-order valence-electron chi connectivity index (χ3n) is 5.54. The van der Waals surface area contributed by atoms with Gasteiger partial charge in [-0.25, -0.2) is 14.8 Å². The van der Waals surface area contributed by atoms with Crippen LogP contribution < -0.4 is 4.90 Å². The van der Waals surface area contributed by atoms with E-state index in [9.17, 15) is 9.59 Å². The van der Waals surface area contributed by atoms with Gasteiger partial charge < -0.3 is 14.5 Å². The zero-order valence-electron chi connectivity index (χ0n) is 16.5. The number of carbonyl (C=O) groups excluding carboxylic acids is 2. The molecule has 0 bridgehead atoms. The number of hydrogen-bond acceptors (Lipinski definition) is 6. The van der Waals surface area contributed by atoms with E-state index in [0.717, 1.165) is 17.8 Å². The van der Waals surface area contributed by atoms with Crippen LogP contribution in [0.5, 0.6) is 0 Å². The molecule has 2 aliphatic heterocycles. The van der Waals surface area contributed by atoms with Crippen LogP contribution in [-0.4, -0.2) is 77.6 Å². The lowest BCUT2D eigenvalue weighted by Gasteiger charge is -2.37. The number of nitrogens with zero attached hydrogens (tertiary/aromatic N) is 5. The maximum atomic E-state index is 12.9. The third kappa shape index (κ3) is 4.01. The fourth-order valence-electron chi connectivity index (χ4n) is 3.98. The smallest absolute Gasteiger partial charge is 0.410 e. The Morgan fingerprint density at radius 1 is 1.03 bits per heavy atom. The lowest BCUT2D eigenvalue weighted by Crippen LogP contribution is -2.54. The zero-order chi connectivity index (χ0) is 20.2. The van der Waals surface area contributed by atoms with E-state index in [1.807, 2.05) is 41.3 Å². The van der Waals surface area contributed by atoms with E-state index >= 15 is 0 Å². The molecule has 3 heterocycles. The van der Waals surface area contributed by atoms with Crippen molar-refractivity contribution in [2.24, 2.45) is 0 Å². The van der Waals surface area contributed by atoms with Gasteiger partial charge in [0, 0.05) is 44.5 Å². The highest BCUT2D eigenvalue weighted by molar-refractivity contribution is 5.86. The molecule has 2 aliphatic rings. The van der Waals surface area contributed by atoms with Gasteiger partial charge in [0.2, 0.25) is 5.91 Å². The molecule has 1 aromatic carbocycles. The highest BCUT2D eigenvalue weighted by Gasteiger charge is 2.38. The molecule has 0 unspecified atom stereocenters. The molecule has 0 saturated carbocycles. The average molecular weight is 395 g/mol. The van der Waals surface area contributed by atoms with E-state index in [-0.39, 0.29) is 5.91 Å². The van der Waals surface area contributed by atoms with E-state index < -0.39 is 12.1 Å². The van der Waals surface area contributed by atoms with Gasteiger partial charge in [0.25, 0.3) is 0 Å². The first-order valence-corrected chi connectivity index (χ1v) is 9.94. The summed E-state index contributed by atoms with van der Waals surface area (Å²) in [7, 11) is 1.35. The zero-order valence-corrected chi connectivity index (χ0v) is 16.5. The minimum atomic E-state index is -0.422. The van der Waals surface area contributed by atoms with Crippen LogP contribution >= 0.6 is 0 Å². The minimum absolute atomic E-state index is 0.0141. The van der Waals surface area contributed by atoms with Crippen molar-refractivity contribution in [2.45, 2.75) is 18.9 Å². The summed E-state index contributed by atoms with van der Waals surface area (Å²) < 4.78 is 4.82. The van der Waals surface area contributed by atoms with Gasteiger partial charge in [-0.3, -0.25) is 9.69 Å². The minimum Gasteiger partial charge on any atom is -0.453 e. The highest BCUT2D eigenvalue weighted by atomic mass is 16.5. The number of amides is 2. The Bertz CT molecular complexity index is 868. The normalized spacial score (nSPS) is 19.3. The first-order chi connectivity index (χ1) is 14.2. The first-order valence-electron chi connectivity index (χ1n) is 9.94. The molecule has 0 aliphatic carbocycles. The lowest BCUT2D eigenvalue weighted by atomic mass is 10.1. The number of anilines is 1. The van der Waals surface area contributed by atoms with Crippen LogP contribution in [0, 0.1) is 0 Å². The van der Waals surface area contributed by atoms with Crippen molar-refractivity contribution >= 4 is 17.8 Å². The number of hydrogen-bond donors (Lipinski definition) is 0. The molecule has 1 aromatic heterocycles. The third-order valence-corrected chi connectivity index (χ3v) is 5.54. The first kappa shape index (κ1) is 19.2. The summed E-state index contributed by atoms with van der Waals surface area (Å²) in [6.07, 6.45) is 2.87. The van der Waals surface area contributed by atoms with E-state index in [2.05, 4.69) is 9.88 Å². The van der Waals surface area contributed by atoms with Crippen LogP contribution in [-0.2, 0) is 9.53 Å². The molecule has 2 fully saturated rings. The summed E-state index contributed by atoms with van der Waals surface area (Å²) in [5, 5.41) is 0. The predicted molar refractivity (Wildman–Crippen MR) is 108 cm³/mol. The Balaban J connectivity index is 1.40. The molecular weight excluding hydrogens is 370 g/mol. The number of aromatic nitrogens is 2. The molecule has 0 N–H and O–H groups in total. The molecule has 1 atom stereocenters. The van der Waals surface area contributed by atoms with E-state index in [1.165, 1.54) is 7.11 Å². The molecular formula is C21H25N5O3. The summed E-state index contributed by atoms with van der Waals surface area (Å²) in [6, 6.07) is 11.4. The molecule has 29 heavy (non-hydrogen) atoms. The molecule has 0 radical (unpaired) electrons. The van der Waals surface area contributed by atoms with Crippen LogP contribution in [0.3, 0.4) is 0 Å². The maximum absolute atomic E-state index is 12.9. The maximum Gasteiger partial charge on any atom is 0.410 e. The van der Waals surface area contributed by atoms with Gasteiger partial charge in [0.15, 0.2) is 5.82 Å². The summed E-state index contributed by atoms with van der Waals surface area (Å²) in [6.45, 7) is 3.18. The Labute approximate surface area is 170 Å². The van der Waals surface area contributed by atoms with Crippen molar-refractivity contribution in [3.8, 4) is 11.4 Å². The Morgan fingerprint density at radius 2 is 1.79 bits per heavy atom. The predicted octanol–water partition coefficient (Wildman–Crippen LogP) is 2.02. The van der Waals surface area contributed by atoms with Gasteiger partial charge in [-0.2, -0.15) is 0 Å². The van der Waals surface area contributed by atoms with Crippen LogP contribution in [0.25, 0.3) is 11.4 Å². The standard InChI is InChI=1S/C21H25N5O3/c1-29-21(28)26-11-5-8-17(26)20(27)25-14-12-24(13-15-25)18-9-10-22-19(23-18)16-6-3-2-4-7-16/h2-4,6-7,9-10,17H,5,8,11-15H2,1H3/t17-/m0/s1. The van der Waals surface area contributed by atoms with Gasteiger partial charge in [-0.1, -0.05) is 30.3 Å². The second-order valence-electron chi connectivity index (χ2n) is 7.24. The molecule has 8 nitrogen and oxygen atoms in total. The van der Waals surface area contributed by atoms with Crippen molar-refractivity contribution in [3.05, 3.63) is 42.6 Å². The van der Waals surface area contributed by atoms with Crippen LogP contribution in [0.15, 0.2) is 42.6 Å². The summed E-state index contributed by atoms with van der Waals surface area (Å²) >= 11 is 0.